The van der Waals surface area contributed by atoms with Crippen molar-refractivity contribution in [2.24, 2.45) is 0 Å². The first-order valence-corrected chi connectivity index (χ1v) is 8.85. The molecular weight excluding hydrogens is 358 g/mol. The first-order chi connectivity index (χ1) is 13.5. The number of aromatic nitrogens is 2. The van der Waals surface area contributed by atoms with Gasteiger partial charge in [0.1, 0.15) is 11.6 Å². The predicted octanol–water partition coefficient (Wildman–Crippen LogP) is 3.28. The normalized spacial score (nSPS) is 10.5. The highest BCUT2D eigenvalue weighted by Crippen LogP contribution is 2.34. The van der Waals surface area contributed by atoms with E-state index in [2.05, 4.69) is 10.3 Å². The average molecular weight is 381 g/mol. The minimum absolute atomic E-state index is 0.119. The van der Waals surface area contributed by atoms with Gasteiger partial charge in [-0.05, 0) is 43.7 Å². The molecule has 0 spiro atoms. The van der Waals surface area contributed by atoms with Crippen molar-refractivity contribution in [1.29, 1.82) is 0 Å². The van der Waals surface area contributed by atoms with E-state index in [0.29, 0.717) is 23.8 Å². The molecule has 28 heavy (non-hydrogen) atoms. The summed E-state index contributed by atoms with van der Waals surface area (Å²) < 4.78 is 12.6. The number of benzene rings is 1. The third kappa shape index (κ3) is 4.25. The zero-order chi connectivity index (χ0) is 20.1. The molecule has 0 aliphatic rings. The molecular formula is C21H23N3O4. The predicted molar refractivity (Wildman–Crippen MR) is 106 cm³/mol. The maximum absolute atomic E-state index is 12.2. The molecule has 0 saturated carbocycles. The molecule has 0 fully saturated rings. The van der Waals surface area contributed by atoms with Crippen LogP contribution in [0.5, 0.6) is 17.5 Å². The summed E-state index contributed by atoms with van der Waals surface area (Å²) in [6.45, 7) is 3.88. The summed E-state index contributed by atoms with van der Waals surface area (Å²) in [4.78, 5) is 16.2. The van der Waals surface area contributed by atoms with E-state index in [4.69, 9.17) is 9.47 Å². The summed E-state index contributed by atoms with van der Waals surface area (Å²) in [7, 11) is 1.61. The Morgan fingerprint density at radius 2 is 1.89 bits per heavy atom. The monoisotopic (exact) mass is 381 g/mol. The van der Waals surface area contributed by atoms with Crippen molar-refractivity contribution in [3.8, 4) is 17.5 Å². The Bertz CT molecular complexity index is 950. The lowest BCUT2D eigenvalue weighted by molar-refractivity contribution is -0.118. The molecule has 0 unspecified atom stereocenters. The number of carbonyl (C=O) groups excluding carboxylic acids is 1. The van der Waals surface area contributed by atoms with Crippen molar-refractivity contribution >= 4 is 11.7 Å². The second kappa shape index (κ2) is 8.47. The van der Waals surface area contributed by atoms with Gasteiger partial charge >= 0.3 is 0 Å². The number of aromatic hydroxyl groups is 1. The number of hydrogen-bond donors (Lipinski definition) is 2. The summed E-state index contributed by atoms with van der Waals surface area (Å²) >= 11 is 0. The SMILES string of the molecule is COc1ccc(Cn2c(O)c(C)c(C)c2OCC(=O)Nc2ccccn2)cc1. The number of nitrogens with one attached hydrogen (secondary N) is 1. The number of hydrogen-bond acceptors (Lipinski definition) is 5. The van der Waals surface area contributed by atoms with E-state index in [-0.39, 0.29) is 18.4 Å². The van der Waals surface area contributed by atoms with Crippen LogP contribution >= 0.6 is 0 Å². The zero-order valence-electron chi connectivity index (χ0n) is 16.1. The topological polar surface area (TPSA) is 85.6 Å². The first kappa shape index (κ1) is 19.3. The van der Waals surface area contributed by atoms with Crippen LogP contribution in [0.25, 0.3) is 0 Å². The molecule has 0 saturated heterocycles. The second-order valence-electron chi connectivity index (χ2n) is 6.36. The number of anilines is 1. The standard InChI is InChI=1S/C21H23N3O4/c1-14-15(2)21(28-13-19(25)23-18-6-4-5-11-22-18)24(20(14)26)12-16-7-9-17(27-3)10-8-16/h4-11,26H,12-13H2,1-3H3,(H,22,23,25). The van der Waals surface area contributed by atoms with Gasteiger partial charge in [-0.15, -0.1) is 0 Å². The molecule has 7 nitrogen and oxygen atoms in total. The lowest BCUT2D eigenvalue weighted by atomic mass is 10.2. The van der Waals surface area contributed by atoms with Crippen molar-refractivity contribution in [3.05, 3.63) is 65.4 Å². The van der Waals surface area contributed by atoms with Crippen molar-refractivity contribution in [1.82, 2.24) is 9.55 Å². The molecule has 0 aliphatic carbocycles. The highest BCUT2D eigenvalue weighted by atomic mass is 16.5. The fourth-order valence-electron chi connectivity index (χ4n) is 2.83. The van der Waals surface area contributed by atoms with Crippen LogP contribution in [0.2, 0.25) is 0 Å². The third-order valence-corrected chi connectivity index (χ3v) is 4.49. The number of ether oxygens (including phenoxy) is 2. The van der Waals surface area contributed by atoms with Crippen LogP contribution < -0.4 is 14.8 Å². The van der Waals surface area contributed by atoms with Crippen LogP contribution in [0.1, 0.15) is 16.7 Å². The lowest BCUT2D eigenvalue weighted by Crippen LogP contribution is -2.21. The van der Waals surface area contributed by atoms with Gasteiger partial charge in [0.2, 0.25) is 0 Å². The molecule has 0 radical (unpaired) electrons. The summed E-state index contributed by atoms with van der Waals surface area (Å²) in [6, 6.07) is 12.8. The van der Waals surface area contributed by atoms with E-state index in [0.717, 1.165) is 16.9 Å². The number of rotatable bonds is 7. The third-order valence-electron chi connectivity index (χ3n) is 4.49. The number of pyridine rings is 1. The Morgan fingerprint density at radius 3 is 2.54 bits per heavy atom. The smallest absolute Gasteiger partial charge is 0.263 e. The Balaban J connectivity index is 1.74. The molecule has 3 rings (SSSR count). The molecule has 1 amide bonds. The molecule has 0 bridgehead atoms. The number of carbonyl (C=O) groups is 1. The Hall–Kier alpha value is -3.48. The molecule has 1 aromatic carbocycles. The lowest BCUT2D eigenvalue weighted by Gasteiger charge is -2.13. The minimum Gasteiger partial charge on any atom is -0.497 e. The number of nitrogens with zero attached hydrogens (tertiary/aromatic N) is 2. The van der Waals surface area contributed by atoms with Gasteiger partial charge in [-0.3, -0.25) is 9.36 Å². The summed E-state index contributed by atoms with van der Waals surface area (Å²) in [5.41, 5.74) is 2.47. The van der Waals surface area contributed by atoms with Gasteiger partial charge in [-0.1, -0.05) is 18.2 Å². The molecule has 2 heterocycles. The zero-order valence-corrected chi connectivity index (χ0v) is 16.1. The first-order valence-electron chi connectivity index (χ1n) is 8.85. The van der Waals surface area contributed by atoms with Gasteiger partial charge in [0, 0.05) is 17.3 Å². The van der Waals surface area contributed by atoms with Gasteiger partial charge in [0.05, 0.1) is 13.7 Å². The molecule has 146 valence electrons. The maximum Gasteiger partial charge on any atom is 0.263 e. The molecule has 7 heteroatoms. The molecule has 2 N–H and O–H groups in total. The van der Waals surface area contributed by atoms with Crippen LogP contribution in [-0.4, -0.2) is 34.3 Å². The van der Waals surface area contributed by atoms with Crippen molar-refractivity contribution in [2.45, 2.75) is 20.4 Å². The highest BCUT2D eigenvalue weighted by Gasteiger charge is 2.19. The quantitative estimate of drug-likeness (QED) is 0.656. The summed E-state index contributed by atoms with van der Waals surface area (Å²) in [6.07, 6.45) is 1.60. The maximum atomic E-state index is 12.2. The summed E-state index contributed by atoms with van der Waals surface area (Å²) in [5.74, 6) is 1.47. The Labute approximate surface area is 163 Å². The molecule has 0 aliphatic heterocycles. The van der Waals surface area contributed by atoms with Gasteiger partial charge in [0.15, 0.2) is 18.4 Å². The fourth-order valence-corrected chi connectivity index (χ4v) is 2.83. The average Bonchev–Trinajstić information content (AvgIpc) is 2.91. The van der Waals surface area contributed by atoms with Gasteiger partial charge in [-0.25, -0.2) is 4.98 Å². The van der Waals surface area contributed by atoms with Gasteiger partial charge < -0.3 is 19.9 Å². The van der Waals surface area contributed by atoms with Crippen LogP contribution in [0, 0.1) is 13.8 Å². The highest BCUT2D eigenvalue weighted by molar-refractivity contribution is 5.90. The number of amides is 1. The van der Waals surface area contributed by atoms with E-state index < -0.39 is 0 Å². The van der Waals surface area contributed by atoms with E-state index in [1.54, 1.807) is 36.1 Å². The summed E-state index contributed by atoms with van der Waals surface area (Å²) in [5, 5.41) is 13.2. The van der Waals surface area contributed by atoms with Crippen LogP contribution in [0.4, 0.5) is 5.82 Å². The number of methoxy groups -OCH3 is 1. The van der Waals surface area contributed by atoms with E-state index in [1.165, 1.54) is 0 Å². The minimum atomic E-state index is -0.326. The van der Waals surface area contributed by atoms with Crippen LogP contribution in [-0.2, 0) is 11.3 Å². The van der Waals surface area contributed by atoms with Gasteiger partial charge in [0.25, 0.3) is 5.91 Å². The van der Waals surface area contributed by atoms with E-state index in [9.17, 15) is 9.90 Å². The van der Waals surface area contributed by atoms with E-state index in [1.807, 2.05) is 38.1 Å². The Kier molecular flexibility index (Phi) is 5.84. The van der Waals surface area contributed by atoms with Crippen LogP contribution in [0.15, 0.2) is 48.7 Å². The van der Waals surface area contributed by atoms with Gasteiger partial charge in [-0.2, -0.15) is 0 Å². The van der Waals surface area contributed by atoms with Crippen molar-refractivity contribution in [2.75, 3.05) is 19.0 Å². The Morgan fingerprint density at radius 1 is 1.14 bits per heavy atom. The largest absolute Gasteiger partial charge is 0.497 e. The second-order valence-corrected chi connectivity index (χ2v) is 6.36. The molecule has 3 aromatic rings. The molecule has 2 aromatic heterocycles. The van der Waals surface area contributed by atoms with Crippen LogP contribution in [0.3, 0.4) is 0 Å². The molecule has 0 atom stereocenters. The van der Waals surface area contributed by atoms with E-state index >= 15 is 0 Å². The fraction of sp³-hybridized carbons (Fsp3) is 0.238. The van der Waals surface area contributed by atoms with Crippen molar-refractivity contribution < 1.29 is 19.4 Å². The van der Waals surface area contributed by atoms with Crippen molar-refractivity contribution in [3.63, 3.8) is 0 Å².